The average molecular weight is 374 g/mol. The summed E-state index contributed by atoms with van der Waals surface area (Å²) in [6, 6.07) is 5.18. The lowest BCUT2D eigenvalue weighted by Gasteiger charge is -2.19. The molecule has 0 aliphatic rings. The van der Waals surface area contributed by atoms with E-state index in [-0.39, 0.29) is 5.12 Å². The summed E-state index contributed by atoms with van der Waals surface area (Å²) in [7, 11) is 0. The zero-order valence-electron chi connectivity index (χ0n) is 13.2. The van der Waals surface area contributed by atoms with E-state index in [2.05, 4.69) is 10.8 Å². The summed E-state index contributed by atoms with van der Waals surface area (Å²) in [6.45, 7) is 4.48. The number of hydrogen-bond acceptors (Lipinski definition) is 4. The third-order valence-electron chi connectivity index (χ3n) is 3.01. The molecule has 1 aromatic carbocycles. The Morgan fingerprint density at radius 3 is 2.74 bits per heavy atom. The van der Waals surface area contributed by atoms with E-state index in [1.807, 2.05) is 0 Å². The van der Waals surface area contributed by atoms with Crippen molar-refractivity contribution in [2.75, 3.05) is 32.0 Å². The monoisotopic (exact) mass is 373 g/mol. The number of thioether (sulfide) groups is 1. The minimum atomic E-state index is 0.154. The van der Waals surface area contributed by atoms with Crippen molar-refractivity contribution in [1.82, 2.24) is 4.90 Å². The zero-order chi connectivity index (χ0) is 17.1. The number of carbonyl (C=O) groups is 1. The van der Waals surface area contributed by atoms with E-state index in [9.17, 15) is 4.79 Å². The van der Waals surface area contributed by atoms with Crippen molar-refractivity contribution in [3.63, 3.8) is 0 Å². The lowest BCUT2D eigenvalue weighted by atomic mass is 10.3. The third-order valence-corrected chi connectivity index (χ3v) is 4.44. The van der Waals surface area contributed by atoms with Gasteiger partial charge in [-0.1, -0.05) is 40.9 Å². The Labute approximate surface area is 152 Å². The average Bonchev–Trinajstić information content (AvgIpc) is 2.49. The lowest BCUT2D eigenvalue weighted by molar-refractivity contribution is -0.109. The predicted molar refractivity (Wildman–Crippen MR) is 99.6 cm³/mol. The van der Waals surface area contributed by atoms with E-state index >= 15 is 0 Å². The predicted octanol–water partition coefficient (Wildman–Crippen LogP) is 4.37. The first-order valence-electron chi connectivity index (χ1n) is 7.40. The van der Waals surface area contributed by atoms with Crippen LogP contribution in [0.4, 0.5) is 0 Å². The SMILES string of the molecule is C#CCN(CCCOc1ccc(Cl)cc1Cl)CCCSC(C)=O. The molecule has 0 amide bonds. The van der Waals surface area contributed by atoms with Gasteiger partial charge in [-0.05, 0) is 37.6 Å². The maximum atomic E-state index is 10.9. The molecule has 126 valence electrons. The van der Waals surface area contributed by atoms with Crippen LogP contribution in [0.5, 0.6) is 5.75 Å². The van der Waals surface area contributed by atoms with Gasteiger partial charge in [-0.2, -0.15) is 0 Å². The highest BCUT2D eigenvalue weighted by molar-refractivity contribution is 8.13. The Morgan fingerprint density at radius 2 is 2.09 bits per heavy atom. The van der Waals surface area contributed by atoms with Crippen LogP contribution in [0.2, 0.25) is 10.0 Å². The first kappa shape index (κ1) is 20.2. The second-order valence-electron chi connectivity index (χ2n) is 4.95. The van der Waals surface area contributed by atoms with E-state index in [4.69, 9.17) is 34.4 Å². The smallest absolute Gasteiger partial charge is 0.185 e. The van der Waals surface area contributed by atoms with Crippen molar-refractivity contribution in [2.24, 2.45) is 0 Å². The van der Waals surface area contributed by atoms with Crippen LogP contribution in [-0.4, -0.2) is 42.0 Å². The summed E-state index contributed by atoms with van der Waals surface area (Å²) >= 11 is 13.3. The number of carbonyl (C=O) groups excluding carboxylic acids is 1. The molecule has 0 aliphatic heterocycles. The van der Waals surface area contributed by atoms with Gasteiger partial charge in [-0.25, -0.2) is 0 Å². The fourth-order valence-corrected chi connectivity index (χ4v) is 2.99. The molecule has 0 atom stereocenters. The van der Waals surface area contributed by atoms with Gasteiger partial charge in [0.2, 0.25) is 0 Å². The van der Waals surface area contributed by atoms with Crippen molar-refractivity contribution in [3.05, 3.63) is 28.2 Å². The van der Waals surface area contributed by atoms with Gasteiger partial charge in [0.25, 0.3) is 0 Å². The van der Waals surface area contributed by atoms with Crippen molar-refractivity contribution in [1.29, 1.82) is 0 Å². The molecule has 6 heteroatoms. The van der Waals surface area contributed by atoms with Crippen molar-refractivity contribution in [2.45, 2.75) is 19.8 Å². The number of halogens is 2. The Morgan fingerprint density at radius 1 is 1.35 bits per heavy atom. The molecular formula is C17H21Cl2NO2S. The fraction of sp³-hybridized carbons (Fsp3) is 0.471. The van der Waals surface area contributed by atoms with Gasteiger partial charge in [0.15, 0.2) is 5.12 Å². The number of benzene rings is 1. The molecule has 1 rings (SSSR count). The van der Waals surface area contributed by atoms with Gasteiger partial charge in [-0.3, -0.25) is 9.69 Å². The van der Waals surface area contributed by atoms with Crippen LogP contribution in [0.25, 0.3) is 0 Å². The van der Waals surface area contributed by atoms with Crippen LogP contribution in [0, 0.1) is 12.3 Å². The second kappa shape index (κ2) is 11.6. The number of nitrogens with zero attached hydrogens (tertiary/aromatic N) is 1. The molecule has 0 aliphatic carbocycles. The molecule has 0 spiro atoms. The summed E-state index contributed by atoms with van der Waals surface area (Å²) in [4.78, 5) is 13.1. The highest BCUT2D eigenvalue weighted by atomic mass is 35.5. The Balaban J connectivity index is 2.26. The Bertz CT molecular complexity index is 546. The maximum Gasteiger partial charge on any atom is 0.185 e. The summed E-state index contributed by atoms with van der Waals surface area (Å²) in [6.07, 6.45) is 7.19. The Hall–Kier alpha value is -0.860. The minimum Gasteiger partial charge on any atom is -0.492 e. The minimum absolute atomic E-state index is 0.154. The summed E-state index contributed by atoms with van der Waals surface area (Å²) in [5.41, 5.74) is 0. The molecule has 0 aromatic heterocycles. The summed E-state index contributed by atoms with van der Waals surface area (Å²) in [5, 5.41) is 1.26. The molecule has 23 heavy (non-hydrogen) atoms. The van der Waals surface area contributed by atoms with Crippen LogP contribution in [0.1, 0.15) is 19.8 Å². The Kier molecular flexibility index (Phi) is 10.2. The van der Waals surface area contributed by atoms with Crippen LogP contribution in [0.15, 0.2) is 18.2 Å². The molecule has 0 saturated carbocycles. The first-order valence-corrected chi connectivity index (χ1v) is 9.14. The molecule has 0 heterocycles. The van der Waals surface area contributed by atoms with E-state index < -0.39 is 0 Å². The van der Waals surface area contributed by atoms with Gasteiger partial charge in [0, 0.05) is 24.2 Å². The molecule has 0 N–H and O–H groups in total. The number of hydrogen-bond donors (Lipinski definition) is 0. The highest BCUT2D eigenvalue weighted by Gasteiger charge is 2.06. The normalized spacial score (nSPS) is 10.6. The molecule has 1 aromatic rings. The highest BCUT2D eigenvalue weighted by Crippen LogP contribution is 2.27. The second-order valence-corrected chi connectivity index (χ2v) is 7.07. The molecule has 0 unspecified atom stereocenters. The number of ether oxygens (including phenoxy) is 1. The van der Waals surface area contributed by atoms with Crippen LogP contribution < -0.4 is 4.74 Å². The van der Waals surface area contributed by atoms with E-state index in [0.29, 0.717) is 28.9 Å². The van der Waals surface area contributed by atoms with Crippen molar-refractivity contribution in [3.8, 4) is 18.1 Å². The third kappa shape index (κ3) is 9.12. The molecular weight excluding hydrogens is 353 g/mol. The maximum absolute atomic E-state index is 10.9. The number of terminal acetylenes is 1. The topological polar surface area (TPSA) is 29.5 Å². The molecule has 0 bridgehead atoms. The lowest BCUT2D eigenvalue weighted by Crippen LogP contribution is -2.28. The van der Waals surface area contributed by atoms with Gasteiger partial charge < -0.3 is 4.74 Å². The van der Waals surface area contributed by atoms with Crippen LogP contribution in [0.3, 0.4) is 0 Å². The molecule has 3 nitrogen and oxygen atoms in total. The standard InChI is InChI=1S/C17H21Cl2NO2S/c1-3-8-20(10-5-12-23-14(2)21)9-4-11-22-17-7-6-15(18)13-16(17)19/h1,6-7,13H,4-5,8-12H2,2H3. The van der Waals surface area contributed by atoms with Gasteiger partial charge in [-0.15, -0.1) is 6.42 Å². The van der Waals surface area contributed by atoms with Crippen molar-refractivity contribution < 1.29 is 9.53 Å². The van der Waals surface area contributed by atoms with Gasteiger partial charge >= 0.3 is 0 Å². The van der Waals surface area contributed by atoms with Crippen LogP contribution in [-0.2, 0) is 4.79 Å². The van der Waals surface area contributed by atoms with Gasteiger partial charge in [0.1, 0.15) is 5.75 Å². The quantitative estimate of drug-likeness (QED) is 0.449. The van der Waals surface area contributed by atoms with E-state index in [1.54, 1.807) is 25.1 Å². The van der Waals surface area contributed by atoms with Crippen LogP contribution >= 0.6 is 35.0 Å². The zero-order valence-corrected chi connectivity index (χ0v) is 15.5. The fourth-order valence-electron chi connectivity index (χ4n) is 1.97. The van der Waals surface area contributed by atoms with E-state index in [1.165, 1.54) is 11.8 Å². The van der Waals surface area contributed by atoms with Gasteiger partial charge in [0.05, 0.1) is 18.2 Å². The van der Waals surface area contributed by atoms with Crippen molar-refractivity contribution >= 4 is 40.1 Å². The summed E-state index contributed by atoms with van der Waals surface area (Å²) < 4.78 is 5.66. The number of rotatable bonds is 10. The first-order chi connectivity index (χ1) is 11.0. The summed E-state index contributed by atoms with van der Waals surface area (Å²) in [5.74, 6) is 4.13. The van der Waals surface area contributed by atoms with E-state index in [0.717, 1.165) is 31.7 Å². The largest absolute Gasteiger partial charge is 0.492 e. The molecule has 0 radical (unpaired) electrons. The molecule has 0 fully saturated rings. The molecule has 0 saturated heterocycles.